The van der Waals surface area contributed by atoms with Crippen molar-refractivity contribution in [3.63, 3.8) is 0 Å². The Hall–Kier alpha value is -8.47. The molecule has 4 heteroatoms. The number of aromatic nitrogens is 3. The molecule has 0 fully saturated rings. The van der Waals surface area contributed by atoms with Crippen molar-refractivity contribution in [2.24, 2.45) is 0 Å². The number of rotatable bonds is 7. The van der Waals surface area contributed by atoms with E-state index < -0.39 is 0 Å². The number of fused-ring (bicyclic) bond motifs is 5. The molecule has 0 radical (unpaired) electrons. The molecule has 0 aliphatic heterocycles. The molecule has 0 atom stereocenters. The molecule has 0 spiro atoms. The summed E-state index contributed by atoms with van der Waals surface area (Å²) in [7, 11) is 0. The van der Waals surface area contributed by atoms with E-state index in [0.29, 0.717) is 17.5 Å². The normalized spacial score (nSPS) is 11.5. The highest BCUT2D eigenvalue weighted by Gasteiger charge is 2.21. The predicted molar refractivity (Wildman–Crippen MR) is 260 cm³/mol. The van der Waals surface area contributed by atoms with E-state index in [0.717, 1.165) is 82.8 Å². The van der Waals surface area contributed by atoms with E-state index in [1.165, 1.54) is 21.9 Å². The maximum Gasteiger partial charge on any atom is 0.164 e. The van der Waals surface area contributed by atoms with Crippen molar-refractivity contribution >= 4 is 43.5 Å². The monoisotopic (exact) mass is 803 g/mol. The summed E-state index contributed by atoms with van der Waals surface area (Å²) in [6.07, 6.45) is 0. The topological polar surface area (TPSA) is 51.8 Å². The maximum atomic E-state index is 6.89. The van der Waals surface area contributed by atoms with E-state index in [1.807, 2.05) is 18.2 Å². The van der Waals surface area contributed by atoms with Crippen LogP contribution in [-0.2, 0) is 0 Å². The molecule has 0 N–H and O–H groups in total. The van der Waals surface area contributed by atoms with Gasteiger partial charge in [0.05, 0.1) is 0 Å². The van der Waals surface area contributed by atoms with Gasteiger partial charge in [-0.25, -0.2) is 15.0 Å². The van der Waals surface area contributed by atoms with Gasteiger partial charge in [-0.2, -0.15) is 0 Å². The number of benzene rings is 10. The number of hydrogen-bond donors (Lipinski definition) is 0. The van der Waals surface area contributed by atoms with Gasteiger partial charge in [-0.1, -0.05) is 218 Å². The van der Waals surface area contributed by atoms with Crippen LogP contribution in [0.4, 0.5) is 0 Å². The van der Waals surface area contributed by atoms with Crippen LogP contribution in [0.1, 0.15) is 0 Å². The lowest BCUT2D eigenvalue weighted by molar-refractivity contribution is 0.670. The Morgan fingerprint density at radius 1 is 0.238 bits per heavy atom. The highest BCUT2D eigenvalue weighted by atomic mass is 16.3. The van der Waals surface area contributed by atoms with Gasteiger partial charge in [0.1, 0.15) is 11.2 Å². The fourth-order valence-electron chi connectivity index (χ4n) is 9.21. The number of hydrogen-bond acceptors (Lipinski definition) is 4. The molecule has 0 saturated carbocycles. The minimum Gasteiger partial charge on any atom is -0.455 e. The van der Waals surface area contributed by atoms with Gasteiger partial charge in [-0.3, -0.25) is 0 Å². The van der Waals surface area contributed by atoms with Crippen molar-refractivity contribution in [1.82, 2.24) is 15.0 Å². The summed E-state index contributed by atoms with van der Waals surface area (Å²) >= 11 is 0. The van der Waals surface area contributed by atoms with Crippen LogP contribution < -0.4 is 0 Å². The zero-order valence-corrected chi connectivity index (χ0v) is 34.1. The van der Waals surface area contributed by atoms with Crippen molar-refractivity contribution < 1.29 is 4.42 Å². The lowest BCUT2D eigenvalue weighted by Crippen LogP contribution is -2.01. The molecule has 63 heavy (non-hydrogen) atoms. The van der Waals surface area contributed by atoms with E-state index in [9.17, 15) is 0 Å². The molecule has 12 rings (SSSR count). The van der Waals surface area contributed by atoms with E-state index in [4.69, 9.17) is 19.4 Å². The average molecular weight is 804 g/mol. The lowest BCUT2D eigenvalue weighted by atomic mass is 9.91. The largest absolute Gasteiger partial charge is 0.455 e. The maximum absolute atomic E-state index is 6.89. The molecule has 0 unspecified atom stereocenters. The second kappa shape index (κ2) is 15.2. The van der Waals surface area contributed by atoms with Crippen LogP contribution in [0.3, 0.4) is 0 Å². The molecule has 12 aromatic rings. The summed E-state index contributed by atoms with van der Waals surface area (Å²) in [5, 5.41) is 6.54. The van der Waals surface area contributed by atoms with Gasteiger partial charge in [0.15, 0.2) is 17.5 Å². The fraction of sp³-hybridized carbons (Fsp3) is 0. The van der Waals surface area contributed by atoms with Crippen molar-refractivity contribution in [3.05, 3.63) is 224 Å². The first kappa shape index (κ1) is 36.4. The zero-order valence-electron chi connectivity index (χ0n) is 34.1. The molecular formula is C59H37N3O. The van der Waals surface area contributed by atoms with Crippen LogP contribution in [0.15, 0.2) is 229 Å². The Balaban J connectivity index is 1.06. The van der Waals surface area contributed by atoms with Crippen LogP contribution in [-0.4, -0.2) is 15.0 Å². The van der Waals surface area contributed by atoms with Gasteiger partial charge in [0.25, 0.3) is 0 Å². The van der Waals surface area contributed by atoms with Gasteiger partial charge in [0, 0.05) is 33.0 Å². The SMILES string of the molecule is c1ccc(-c2ccc(-c3nc(-c4cccc5c(-c6ccccc6)cccc45)nc(-c4cccc5oc6c(-c7ccc(-c8ccccc8)c8ccccc78)cccc6c45)n3)cc2)cc1. The fourth-order valence-corrected chi connectivity index (χ4v) is 9.21. The van der Waals surface area contributed by atoms with Gasteiger partial charge in [-0.05, 0) is 66.6 Å². The molecular weight excluding hydrogens is 767 g/mol. The Bertz CT molecular complexity index is 3650. The van der Waals surface area contributed by atoms with Crippen LogP contribution in [0.5, 0.6) is 0 Å². The standard InChI is InChI=1S/C59H37N3O/c1-4-16-38(17-5-1)39-32-34-42(35-33-39)57-60-58(51-28-13-25-46-43(24-12-26-48(46)51)40-18-6-2-7-19-40)62-59(61-57)53-30-15-31-54-55(53)52-29-14-27-50(56(52)63-54)49-37-36-44(41-20-8-3-9-21-41)45-22-10-11-23-47(45)49/h1-37H. The quantitative estimate of drug-likeness (QED) is 0.161. The first-order valence-electron chi connectivity index (χ1n) is 21.3. The summed E-state index contributed by atoms with van der Waals surface area (Å²) in [5.74, 6) is 1.78. The average Bonchev–Trinajstić information content (AvgIpc) is 3.76. The summed E-state index contributed by atoms with van der Waals surface area (Å²) in [6.45, 7) is 0. The molecule has 2 aromatic heterocycles. The van der Waals surface area contributed by atoms with Crippen LogP contribution in [0, 0.1) is 0 Å². The second-order valence-electron chi connectivity index (χ2n) is 15.9. The molecule has 10 aromatic carbocycles. The third kappa shape index (κ3) is 6.36. The molecule has 0 aliphatic carbocycles. The molecule has 0 saturated heterocycles. The van der Waals surface area contributed by atoms with Gasteiger partial charge >= 0.3 is 0 Å². The van der Waals surface area contributed by atoms with Crippen molar-refractivity contribution in [1.29, 1.82) is 0 Å². The second-order valence-corrected chi connectivity index (χ2v) is 15.9. The first-order valence-corrected chi connectivity index (χ1v) is 21.3. The molecule has 4 nitrogen and oxygen atoms in total. The first-order chi connectivity index (χ1) is 31.2. The predicted octanol–water partition coefficient (Wildman–Crippen LogP) is 15.7. The third-order valence-corrected chi connectivity index (χ3v) is 12.2. The summed E-state index contributed by atoms with van der Waals surface area (Å²) < 4.78 is 6.89. The molecule has 0 bridgehead atoms. The Morgan fingerprint density at radius 3 is 1.32 bits per heavy atom. The molecule has 294 valence electrons. The lowest BCUT2D eigenvalue weighted by Gasteiger charge is -2.13. The van der Waals surface area contributed by atoms with E-state index in [2.05, 4.69) is 206 Å². The highest BCUT2D eigenvalue weighted by molar-refractivity contribution is 6.17. The van der Waals surface area contributed by atoms with E-state index >= 15 is 0 Å². The van der Waals surface area contributed by atoms with Crippen LogP contribution in [0.2, 0.25) is 0 Å². The Morgan fingerprint density at radius 2 is 0.651 bits per heavy atom. The van der Waals surface area contributed by atoms with Crippen molar-refractivity contribution in [2.75, 3.05) is 0 Å². The van der Waals surface area contributed by atoms with Gasteiger partial charge < -0.3 is 4.42 Å². The number of furan rings is 1. The van der Waals surface area contributed by atoms with Crippen LogP contribution >= 0.6 is 0 Å². The molecule has 2 heterocycles. The summed E-state index contributed by atoms with van der Waals surface area (Å²) in [4.78, 5) is 15.9. The molecule has 0 amide bonds. The van der Waals surface area contributed by atoms with Crippen molar-refractivity contribution in [2.45, 2.75) is 0 Å². The highest BCUT2D eigenvalue weighted by Crippen LogP contribution is 2.44. The third-order valence-electron chi connectivity index (χ3n) is 12.2. The molecule has 0 aliphatic rings. The van der Waals surface area contributed by atoms with E-state index in [-0.39, 0.29) is 0 Å². The minimum absolute atomic E-state index is 0.578. The zero-order chi connectivity index (χ0) is 41.7. The number of nitrogens with zero attached hydrogens (tertiary/aromatic N) is 3. The van der Waals surface area contributed by atoms with E-state index in [1.54, 1.807) is 0 Å². The summed E-state index contributed by atoms with van der Waals surface area (Å²) in [6, 6.07) is 78.6. The van der Waals surface area contributed by atoms with Gasteiger partial charge in [0.2, 0.25) is 0 Å². The summed E-state index contributed by atoms with van der Waals surface area (Å²) in [5.41, 5.74) is 13.5. The van der Waals surface area contributed by atoms with Gasteiger partial charge in [-0.15, -0.1) is 0 Å². The smallest absolute Gasteiger partial charge is 0.164 e. The Kier molecular flexibility index (Phi) is 8.79. The van der Waals surface area contributed by atoms with Crippen LogP contribution in [0.25, 0.3) is 122 Å². The Labute approximate surface area is 364 Å². The minimum atomic E-state index is 0.578. The van der Waals surface area contributed by atoms with Crippen molar-refractivity contribution in [3.8, 4) is 78.7 Å². The number of para-hydroxylation sites is 1.